The molecule has 2 rings (SSSR count). The number of urea groups is 1. The number of H-pyrrole nitrogens is 1. The zero-order valence-electron chi connectivity index (χ0n) is 11.1. The molecule has 4 N–H and O–H groups in total. The number of nitrogens with zero attached hydrogens (tertiary/aromatic N) is 2. The molecule has 0 spiro atoms. The van der Waals surface area contributed by atoms with Crippen LogP contribution < -0.4 is 10.6 Å². The molecule has 2 amide bonds. The van der Waals surface area contributed by atoms with Crippen LogP contribution in [0.2, 0.25) is 0 Å². The number of aromatic nitrogens is 3. The summed E-state index contributed by atoms with van der Waals surface area (Å²) in [5.74, 6) is 0. The lowest BCUT2D eigenvalue weighted by Gasteiger charge is -2.08. The van der Waals surface area contributed by atoms with Gasteiger partial charge < -0.3 is 15.7 Å². The summed E-state index contributed by atoms with van der Waals surface area (Å²) in [5, 5.41) is 21.2. The van der Waals surface area contributed by atoms with Crippen molar-refractivity contribution in [3.63, 3.8) is 0 Å². The van der Waals surface area contributed by atoms with Gasteiger partial charge in [-0.15, -0.1) is 0 Å². The molecule has 2 heterocycles. The second-order valence-electron chi connectivity index (χ2n) is 4.39. The highest BCUT2D eigenvalue weighted by molar-refractivity contribution is 5.92. The molecule has 2 aromatic rings. The monoisotopic (exact) mass is 275 g/mol. The highest BCUT2D eigenvalue weighted by atomic mass is 16.3. The summed E-state index contributed by atoms with van der Waals surface area (Å²) in [4.78, 5) is 15.9. The first kappa shape index (κ1) is 14.0. The van der Waals surface area contributed by atoms with Crippen LogP contribution in [0.25, 0.3) is 11.4 Å². The van der Waals surface area contributed by atoms with Crippen LogP contribution in [0.4, 0.5) is 10.5 Å². The van der Waals surface area contributed by atoms with Crippen LogP contribution in [0.1, 0.15) is 13.3 Å². The number of rotatable bonds is 5. The van der Waals surface area contributed by atoms with Crippen molar-refractivity contribution in [2.75, 3.05) is 11.9 Å². The molecule has 0 fully saturated rings. The normalized spacial score (nSPS) is 11.9. The topological polar surface area (TPSA) is 103 Å². The van der Waals surface area contributed by atoms with Crippen LogP contribution in [0, 0.1) is 0 Å². The molecule has 1 unspecified atom stereocenters. The van der Waals surface area contributed by atoms with Gasteiger partial charge in [-0.25, -0.2) is 4.79 Å². The first-order valence-electron chi connectivity index (χ1n) is 6.34. The number of anilines is 1. The van der Waals surface area contributed by atoms with E-state index in [0.29, 0.717) is 30.0 Å². The number of carbonyl (C=O) groups excluding carboxylic acids is 1. The second-order valence-corrected chi connectivity index (χ2v) is 4.39. The van der Waals surface area contributed by atoms with Crippen molar-refractivity contribution in [2.45, 2.75) is 19.4 Å². The van der Waals surface area contributed by atoms with Gasteiger partial charge in [-0.1, -0.05) is 6.07 Å². The first-order valence-corrected chi connectivity index (χ1v) is 6.34. The molecule has 0 aliphatic rings. The van der Waals surface area contributed by atoms with Crippen molar-refractivity contribution in [1.29, 1.82) is 0 Å². The van der Waals surface area contributed by atoms with Crippen LogP contribution in [-0.2, 0) is 0 Å². The largest absolute Gasteiger partial charge is 0.393 e. The molecule has 7 nitrogen and oxygen atoms in total. The molecule has 2 aromatic heterocycles. The van der Waals surface area contributed by atoms with Crippen LogP contribution in [0.15, 0.2) is 30.6 Å². The smallest absolute Gasteiger partial charge is 0.319 e. The highest BCUT2D eigenvalue weighted by Gasteiger charge is 2.11. The lowest BCUT2D eigenvalue weighted by molar-refractivity contribution is 0.184. The first-order chi connectivity index (χ1) is 9.66. The van der Waals surface area contributed by atoms with E-state index in [4.69, 9.17) is 5.11 Å². The summed E-state index contributed by atoms with van der Waals surface area (Å²) < 4.78 is 0. The zero-order chi connectivity index (χ0) is 14.4. The van der Waals surface area contributed by atoms with E-state index in [0.717, 1.165) is 0 Å². The Morgan fingerprint density at radius 2 is 2.35 bits per heavy atom. The van der Waals surface area contributed by atoms with E-state index in [-0.39, 0.29) is 6.03 Å². The van der Waals surface area contributed by atoms with E-state index in [1.807, 2.05) is 18.2 Å². The Morgan fingerprint density at radius 1 is 1.50 bits per heavy atom. The molecule has 0 radical (unpaired) electrons. The molecule has 0 bridgehead atoms. The molecule has 20 heavy (non-hydrogen) atoms. The fourth-order valence-electron chi connectivity index (χ4n) is 1.65. The number of aliphatic hydroxyl groups is 1. The number of aromatic amines is 1. The van der Waals surface area contributed by atoms with Crippen LogP contribution in [-0.4, -0.2) is 39.0 Å². The maximum atomic E-state index is 11.7. The maximum Gasteiger partial charge on any atom is 0.319 e. The number of pyridine rings is 1. The van der Waals surface area contributed by atoms with Gasteiger partial charge in [-0.3, -0.25) is 10.1 Å². The van der Waals surface area contributed by atoms with Crippen molar-refractivity contribution in [1.82, 2.24) is 20.5 Å². The van der Waals surface area contributed by atoms with E-state index in [9.17, 15) is 4.79 Å². The molecule has 0 aliphatic heterocycles. The van der Waals surface area contributed by atoms with Crippen LogP contribution in [0.5, 0.6) is 0 Å². The number of nitrogens with one attached hydrogen (secondary N) is 3. The Labute approximate surface area is 116 Å². The van der Waals surface area contributed by atoms with Crippen molar-refractivity contribution in [3.05, 3.63) is 30.6 Å². The lowest BCUT2D eigenvalue weighted by Crippen LogP contribution is -2.30. The lowest BCUT2D eigenvalue weighted by atomic mass is 10.2. The standard InChI is InChI=1S/C13H17N5O2/c1-9(19)5-7-15-13(20)17-11-8-16-18-12(11)10-4-2-3-6-14-10/h2-4,6,8-9,19H,5,7H2,1H3,(H,16,18)(H2,15,17,20). The fourth-order valence-corrected chi connectivity index (χ4v) is 1.65. The van der Waals surface area contributed by atoms with E-state index < -0.39 is 6.10 Å². The minimum absolute atomic E-state index is 0.343. The summed E-state index contributed by atoms with van der Waals surface area (Å²) in [6.07, 6.45) is 3.26. The number of amides is 2. The Morgan fingerprint density at radius 3 is 3.05 bits per heavy atom. The summed E-state index contributed by atoms with van der Waals surface area (Å²) in [5.41, 5.74) is 1.90. The average molecular weight is 275 g/mol. The number of carbonyl (C=O) groups is 1. The molecule has 106 valence electrons. The highest BCUT2D eigenvalue weighted by Crippen LogP contribution is 2.22. The number of hydrogen-bond donors (Lipinski definition) is 4. The molecule has 0 saturated heterocycles. The van der Waals surface area contributed by atoms with E-state index in [2.05, 4.69) is 25.8 Å². The van der Waals surface area contributed by atoms with Gasteiger partial charge in [0.1, 0.15) is 5.69 Å². The molecule has 0 aromatic carbocycles. The molecular weight excluding hydrogens is 258 g/mol. The Hall–Kier alpha value is -2.41. The van der Waals surface area contributed by atoms with Gasteiger partial charge in [0.25, 0.3) is 0 Å². The van der Waals surface area contributed by atoms with Gasteiger partial charge in [0.2, 0.25) is 0 Å². The minimum atomic E-state index is -0.437. The fraction of sp³-hybridized carbons (Fsp3) is 0.308. The van der Waals surface area contributed by atoms with Gasteiger partial charge in [0.05, 0.1) is 23.7 Å². The van der Waals surface area contributed by atoms with E-state index in [1.54, 1.807) is 13.1 Å². The predicted molar refractivity (Wildman–Crippen MR) is 75.1 cm³/mol. The minimum Gasteiger partial charge on any atom is -0.393 e. The Bertz CT molecular complexity index is 553. The van der Waals surface area contributed by atoms with Crippen molar-refractivity contribution in [3.8, 4) is 11.4 Å². The SMILES string of the molecule is CC(O)CCNC(=O)Nc1cn[nH]c1-c1ccccn1. The molecule has 0 aliphatic carbocycles. The van der Waals surface area contributed by atoms with Crippen LogP contribution >= 0.6 is 0 Å². The van der Waals surface area contributed by atoms with Crippen molar-refractivity contribution in [2.24, 2.45) is 0 Å². The third-order valence-corrected chi connectivity index (χ3v) is 2.66. The zero-order valence-corrected chi connectivity index (χ0v) is 11.1. The van der Waals surface area contributed by atoms with Gasteiger partial charge in [-0.2, -0.15) is 5.10 Å². The van der Waals surface area contributed by atoms with Gasteiger partial charge >= 0.3 is 6.03 Å². The molecule has 0 saturated carbocycles. The summed E-state index contributed by atoms with van der Waals surface area (Å²) in [6, 6.07) is 5.15. The summed E-state index contributed by atoms with van der Waals surface area (Å²) >= 11 is 0. The average Bonchev–Trinajstić information content (AvgIpc) is 2.87. The molecular formula is C13H17N5O2. The van der Waals surface area contributed by atoms with Gasteiger partial charge in [-0.05, 0) is 25.5 Å². The third-order valence-electron chi connectivity index (χ3n) is 2.66. The van der Waals surface area contributed by atoms with Crippen molar-refractivity contribution < 1.29 is 9.90 Å². The number of hydrogen-bond acceptors (Lipinski definition) is 4. The molecule has 7 heteroatoms. The summed E-state index contributed by atoms with van der Waals surface area (Å²) in [6.45, 7) is 2.08. The van der Waals surface area contributed by atoms with Gasteiger partial charge in [0, 0.05) is 12.7 Å². The Balaban J connectivity index is 1.97. The Kier molecular flexibility index (Phi) is 4.67. The summed E-state index contributed by atoms with van der Waals surface area (Å²) in [7, 11) is 0. The quantitative estimate of drug-likeness (QED) is 0.661. The second kappa shape index (κ2) is 6.67. The third kappa shape index (κ3) is 3.79. The van der Waals surface area contributed by atoms with E-state index in [1.165, 1.54) is 6.20 Å². The number of aliphatic hydroxyl groups excluding tert-OH is 1. The van der Waals surface area contributed by atoms with E-state index >= 15 is 0 Å². The predicted octanol–water partition coefficient (Wildman–Crippen LogP) is 1.36. The van der Waals surface area contributed by atoms with Gasteiger partial charge in [0.15, 0.2) is 0 Å². The van der Waals surface area contributed by atoms with Crippen molar-refractivity contribution >= 4 is 11.7 Å². The maximum absolute atomic E-state index is 11.7. The molecule has 1 atom stereocenters. The van der Waals surface area contributed by atoms with Crippen LogP contribution in [0.3, 0.4) is 0 Å².